The minimum absolute atomic E-state index is 0.155. The van der Waals surface area contributed by atoms with Gasteiger partial charge in [0.05, 0.1) is 18.4 Å². The van der Waals surface area contributed by atoms with Gasteiger partial charge in [0, 0.05) is 17.8 Å². The number of carbonyl (C=O) groups is 1. The molecular formula is C30H39N5O2. The number of rotatable bonds is 8. The number of hydrogen-bond donors (Lipinski definition) is 2. The molecule has 2 N–H and O–H groups in total. The maximum atomic E-state index is 13.0. The normalized spacial score (nSPS) is 20.2. The van der Waals surface area contributed by atoms with E-state index in [1.807, 2.05) is 6.07 Å². The molecule has 7 heteroatoms. The molecule has 0 unspecified atom stereocenters. The Labute approximate surface area is 220 Å². The van der Waals surface area contributed by atoms with E-state index < -0.39 is 0 Å². The van der Waals surface area contributed by atoms with E-state index in [2.05, 4.69) is 57.3 Å². The van der Waals surface area contributed by atoms with E-state index in [0.717, 1.165) is 43.5 Å². The zero-order valence-electron chi connectivity index (χ0n) is 22.2. The maximum Gasteiger partial charge on any atom is 0.314 e. The summed E-state index contributed by atoms with van der Waals surface area (Å²) in [4.78, 5) is 25.4. The number of benzene rings is 1. The van der Waals surface area contributed by atoms with Crippen molar-refractivity contribution in [2.24, 2.45) is 5.41 Å². The molecule has 3 aliphatic carbocycles. The molecule has 3 aliphatic rings. The van der Waals surface area contributed by atoms with Crippen molar-refractivity contribution in [2.45, 2.75) is 76.2 Å². The predicted molar refractivity (Wildman–Crippen MR) is 147 cm³/mol. The van der Waals surface area contributed by atoms with Crippen molar-refractivity contribution in [3.05, 3.63) is 58.8 Å². The Balaban J connectivity index is 1.47. The van der Waals surface area contributed by atoms with E-state index in [-0.39, 0.29) is 23.2 Å². The molecule has 196 valence electrons. The lowest BCUT2D eigenvalue weighted by atomic mass is 9.72. The number of carbonyl (C=O) groups excluding carboxylic acids is 1. The van der Waals surface area contributed by atoms with Crippen LogP contribution in [0.25, 0.3) is 10.4 Å². The van der Waals surface area contributed by atoms with Gasteiger partial charge in [-0.3, -0.25) is 9.78 Å². The summed E-state index contributed by atoms with van der Waals surface area (Å²) in [5.41, 5.74) is 4.64. The van der Waals surface area contributed by atoms with Crippen molar-refractivity contribution in [2.75, 3.05) is 32.6 Å². The first-order chi connectivity index (χ1) is 17.9. The van der Waals surface area contributed by atoms with Crippen LogP contribution in [0.1, 0.15) is 92.4 Å². The zero-order chi connectivity index (χ0) is 25.9. The number of amides is 1. The number of aromatic amines is 1. The molecule has 0 aliphatic heterocycles. The lowest BCUT2D eigenvalue weighted by Crippen LogP contribution is -2.30. The molecule has 0 radical (unpaired) electrons. The second-order valence-corrected chi connectivity index (χ2v) is 11.4. The van der Waals surface area contributed by atoms with Crippen molar-refractivity contribution in [3.63, 3.8) is 0 Å². The molecule has 2 saturated carbocycles. The second kappa shape index (κ2) is 10.8. The van der Waals surface area contributed by atoms with Crippen molar-refractivity contribution in [1.82, 2.24) is 14.9 Å². The third-order valence-corrected chi connectivity index (χ3v) is 8.74. The van der Waals surface area contributed by atoms with Crippen molar-refractivity contribution < 1.29 is 9.53 Å². The molecule has 2 aromatic rings. The number of nitrogens with one attached hydrogen (secondary N) is 2. The average molecular weight is 502 g/mol. The quantitative estimate of drug-likeness (QED) is 0.395. The fraction of sp³-hybridized carbons (Fsp3) is 0.567. The standard InChI is InChI=1S/C30H39N5O2/c1-31-26-21-32-27(34-26)28(36)33-25-9-8-23(30(14-6-7-15-30)37-19-18-35(2)3)20-24(25)22-10-16-29(17-11-22)12-4-5-13-29/h8-10,20-21H,4-7,11-19H2,2-3H3,(H,32,34)(H,33,36). The number of likely N-dealkylation sites (N-methyl/N-ethyl adjacent to an activating group) is 1. The molecule has 1 aromatic heterocycles. The van der Waals surface area contributed by atoms with Crippen LogP contribution in [0.2, 0.25) is 0 Å². The molecule has 37 heavy (non-hydrogen) atoms. The number of imidazole rings is 1. The Hall–Kier alpha value is -2.95. The molecule has 5 rings (SSSR count). The Morgan fingerprint density at radius 2 is 1.92 bits per heavy atom. The van der Waals surface area contributed by atoms with Crippen LogP contribution in [0.4, 0.5) is 11.5 Å². The van der Waals surface area contributed by atoms with Gasteiger partial charge in [-0.15, -0.1) is 0 Å². The molecule has 1 amide bonds. The highest BCUT2D eigenvalue weighted by Gasteiger charge is 2.38. The van der Waals surface area contributed by atoms with Crippen LogP contribution in [0.3, 0.4) is 0 Å². The van der Waals surface area contributed by atoms with Gasteiger partial charge in [-0.25, -0.2) is 4.98 Å². The SMILES string of the molecule is [C-]#[N+]c1cnc(C(=O)Nc2ccc(C3(OCCN(C)C)CCCC3)cc2C2=CCC3(CCCC3)CC2)[nH]1. The van der Waals surface area contributed by atoms with Crippen molar-refractivity contribution >= 4 is 23.0 Å². The van der Waals surface area contributed by atoms with Gasteiger partial charge in [0.25, 0.3) is 5.82 Å². The minimum atomic E-state index is -0.328. The van der Waals surface area contributed by atoms with E-state index >= 15 is 0 Å². The number of H-pyrrole nitrogens is 1. The summed E-state index contributed by atoms with van der Waals surface area (Å²) in [7, 11) is 4.15. The Kier molecular flexibility index (Phi) is 7.50. The molecule has 0 atom stereocenters. The summed E-state index contributed by atoms with van der Waals surface area (Å²) in [5, 5.41) is 3.09. The smallest absolute Gasteiger partial charge is 0.314 e. The molecule has 1 aromatic carbocycles. The number of allylic oxidation sites excluding steroid dienone is 2. The van der Waals surface area contributed by atoms with Gasteiger partial charge in [0.15, 0.2) is 0 Å². The first-order valence-electron chi connectivity index (χ1n) is 13.8. The number of hydrogen-bond acceptors (Lipinski definition) is 4. The predicted octanol–water partition coefficient (Wildman–Crippen LogP) is 6.69. The summed E-state index contributed by atoms with van der Waals surface area (Å²) in [6.07, 6.45) is 17.0. The van der Waals surface area contributed by atoms with Gasteiger partial charge < -0.3 is 19.8 Å². The summed E-state index contributed by atoms with van der Waals surface area (Å²) >= 11 is 0. The summed E-state index contributed by atoms with van der Waals surface area (Å²) in [5.74, 6) is 0.0869. The van der Waals surface area contributed by atoms with Crippen LogP contribution in [0.15, 0.2) is 30.5 Å². The van der Waals surface area contributed by atoms with E-state index in [1.54, 1.807) is 0 Å². The van der Waals surface area contributed by atoms with Gasteiger partial charge in [-0.2, -0.15) is 0 Å². The molecule has 1 heterocycles. The van der Waals surface area contributed by atoms with Gasteiger partial charge in [0.2, 0.25) is 5.82 Å². The third kappa shape index (κ3) is 5.51. The fourth-order valence-electron chi connectivity index (χ4n) is 6.52. The van der Waals surface area contributed by atoms with E-state index in [1.165, 1.54) is 62.3 Å². The Morgan fingerprint density at radius 1 is 1.16 bits per heavy atom. The Morgan fingerprint density at radius 3 is 2.57 bits per heavy atom. The van der Waals surface area contributed by atoms with Gasteiger partial charge >= 0.3 is 5.91 Å². The number of ether oxygens (including phenoxy) is 1. The molecule has 0 bridgehead atoms. The van der Waals surface area contributed by atoms with Crippen LogP contribution in [0.5, 0.6) is 0 Å². The first kappa shape index (κ1) is 25.7. The second-order valence-electron chi connectivity index (χ2n) is 11.4. The van der Waals surface area contributed by atoms with Gasteiger partial charge in [-0.05, 0) is 87.7 Å². The van der Waals surface area contributed by atoms with Crippen LogP contribution >= 0.6 is 0 Å². The fourth-order valence-corrected chi connectivity index (χ4v) is 6.52. The highest BCUT2D eigenvalue weighted by molar-refractivity contribution is 6.03. The van der Waals surface area contributed by atoms with Crippen LogP contribution in [-0.2, 0) is 10.3 Å². The third-order valence-electron chi connectivity index (χ3n) is 8.74. The molecular weight excluding hydrogens is 462 g/mol. The monoisotopic (exact) mass is 501 g/mol. The minimum Gasteiger partial charge on any atom is -0.369 e. The highest BCUT2D eigenvalue weighted by atomic mass is 16.5. The van der Waals surface area contributed by atoms with Crippen molar-refractivity contribution in [3.8, 4) is 0 Å². The number of anilines is 1. The van der Waals surface area contributed by atoms with Crippen LogP contribution in [-0.4, -0.2) is 48.0 Å². The topological polar surface area (TPSA) is 74.6 Å². The number of aromatic nitrogens is 2. The summed E-state index contributed by atoms with van der Waals surface area (Å²) in [6.45, 7) is 8.75. The lowest BCUT2D eigenvalue weighted by molar-refractivity contribution is -0.0500. The van der Waals surface area contributed by atoms with Crippen LogP contribution in [0, 0.1) is 12.0 Å². The van der Waals surface area contributed by atoms with E-state index in [0.29, 0.717) is 12.0 Å². The molecule has 2 fully saturated rings. The highest BCUT2D eigenvalue weighted by Crippen LogP contribution is 2.51. The van der Waals surface area contributed by atoms with Gasteiger partial charge in [-0.1, -0.05) is 44.4 Å². The van der Waals surface area contributed by atoms with E-state index in [4.69, 9.17) is 11.3 Å². The average Bonchev–Trinajstić information content (AvgIpc) is 3.67. The Bertz CT molecular complexity index is 1190. The van der Waals surface area contributed by atoms with Crippen LogP contribution < -0.4 is 5.32 Å². The largest absolute Gasteiger partial charge is 0.369 e. The summed E-state index contributed by atoms with van der Waals surface area (Å²) in [6, 6.07) is 6.45. The summed E-state index contributed by atoms with van der Waals surface area (Å²) < 4.78 is 6.62. The van der Waals surface area contributed by atoms with E-state index in [9.17, 15) is 4.79 Å². The maximum absolute atomic E-state index is 13.0. The molecule has 7 nitrogen and oxygen atoms in total. The lowest BCUT2D eigenvalue weighted by Gasteiger charge is -2.34. The zero-order valence-corrected chi connectivity index (χ0v) is 22.2. The first-order valence-corrected chi connectivity index (χ1v) is 13.8. The number of nitrogens with zero attached hydrogens (tertiary/aromatic N) is 3. The van der Waals surface area contributed by atoms with Gasteiger partial charge in [0.1, 0.15) is 0 Å². The molecule has 1 spiro atoms. The van der Waals surface area contributed by atoms with Crippen molar-refractivity contribution in [1.29, 1.82) is 0 Å². The molecule has 0 saturated heterocycles.